The number of furan rings is 1. The van der Waals surface area contributed by atoms with E-state index in [1.807, 2.05) is 12.1 Å². The fraction of sp³-hybridized carbons (Fsp3) is 0.706. The Balaban J connectivity index is 1.65. The minimum absolute atomic E-state index is 0.526. The molecule has 1 unspecified atom stereocenters. The molecule has 0 aromatic carbocycles. The Morgan fingerprint density at radius 1 is 1.52 bits per heavy atom. The number of guanidine groups is 1. The molecule has 1 atom stereocenters. The van der Waals surface area contributed by atoms with Crippen molar-refractivity contribution in [1.29, 1.82) is 0 Å². The van der Waals surface area contributed by atoms with Gasteiger partial charge in [-0.3, -0.25) is 4.99 Å². The predicted molar refractivity (Wildman–Crippen MR) is 90.5 cm³/mol. The molecule has 6 heteroatoms. The maximum Gasteiger partial charge on any atom is 0.193 e. The highest BCUT2D eigenvalue weighted by molar-refractivity contribution is 5.79. The first-order valence-corrected chi connectivity index (χ1v) is 8.47. The van der Waals surface area contributed by atoms with Crippen molar-refractivity contribution in [2.75, 3.05) is 46.5 Å². The third-order valence-corrected chi connectivity index (χ3v) is 3.79. The summed E-state index contributed by atoms with van der Waals surface area (Å²) in [4.78, 5) is 6.88. The normalized spacial score (nSPS) is 18.3. The number of nitrogens with one attached hydrogen (secondary N) is 1. The van der Waals surface area contributed by atoms with Gasteiger partial charge in [0.1, 0.15) is 12.4 Å². The second-order valence-corrected chi connectivity index (χ2v) is 5.83. The minimum atomic E-state index is 0.526. The molecule has 0 aliphatic carbocycles. The SMILES string of the molecule is CCNC(=NCCCOCc1ccco1)N(C)CC1CCOC1. The van der Waals surface area contributed by atoms with E-state index in [2.05, 4.69) is 29.2 Å². The molecule has 0 radical (unpaired) electrons. The lowest BCUT2D eigenvalue weighted by Crippen LogP contribution is -2.41. The maximum absolute atomic E-state index is 5.57. The third-order valence-electron chi connectivity index (χ3n) is 3.79. The van der Waals surface area contributed by atoms with E-state index < -0.39 is 0 Å². The van der Waals surface area contributed by atoms with Crippen molar-refractivity contribution < 1.29 is 13.9 Å². The summed E-state index contributed by atoms with van der Waals surface area (Å²) >= 11 is 0. The molecule has 2 rings (SSSR count). The van der Waals surface area contributed by atoms with Gasteiger partial charge in [-0.05, 0) is 31.9 Å². The molecule has 6 nitrogen and oxygen atoms in total. The standard InChI is InChI=1S/C17H29N3O3/c1-3-18-17(20(2)12-15-7-11-22-13-15)19-8-5-9-21-14-16-6-4-10-23-16/h4,6,10,15H,3,5,7-9,11-14H2,1-2H3,(H,18,19). The summed E-state index contributed by atoms with van der Waals surface area (Å²) < 4.78 is 16.2. The molecule has 1 fully saturated rings. The van der Waals surface area contributed by atoms with Crippen LogP contribution in [0.4, 0.5) is 0 Å². The van der Waals surface area contributed by atoms with Gasteiger partial charge in [-0.1, -0.05) is 0 Å². The molecule has 2 heterocycles. The average molecular weight is 323 g/mol. The molecule has 1 N–H and O–H groups in total. The summed E-state index contributed by atoms with van der Waals surface area (Å²) in [6, 6.07) is 3.79. The number of aliphatic imine (C=N–C) groups is 1. The van der Waals surface area contributed by atoms with E-state index in [1.165, 1.54) is 0 Å². The fourth-order valence-electron chi connectivity index (χ4n) is 2.59. The predicted octanol–water partition coefficient (Wildman–Crippen LogP) is 2.12. The van der Waals surface area contributed by atoms with Crippen LogP contribution in [-0.2, 0) is 16.1 Å². The summed E-state index contributed by atoms with van der Waals surface area (Å²) in [7, 11) is 2.09. The monoisotopic (exact) mass is 323 g/mol. The number of nitrogens with zero attached hydrogens (tertiary/aromatic N) is 2. The zero-order chi connectivity index (χ0) is 16.3. The van der Waals surface area contributed by atoms with E-state index in [4.69, 9.17) is 13.9 Å². The maximum atomic E-state index is 5.57. The van der Waals surface area contributed by atoms with E-state index in [0.29, 0.717) is 19.1 Å². The van der Waals surface area contributed by atoms with Crippen molar-refractivity contribution in [3.63, 3.8) is 0 Å². The molecule has 0 spiro atoms. The quantitative estimate of drug-likeness (QED) is 0.428. The van der Waals surface area contributed by atoms with Gasteiger partial charge in [-0.25, -0.2) is 0 Å². The summed E-state index contributed by atoms with van der Waals surface area (Å²) in [5.74, 6) is 2.44. The van der Waals surface area contributed by atoms with Crippen molar-refractivity contribution in [2.45, 2.75) is 26.4 Å². The van der Waals surface area contributed by atoms with Crippen LogP contribution in [0, 0.1) is 5.92 Å². The summed E-state index contributed by atoms with van der Waals surface area (Å²) in [6.07, 6.45) is 3.71. The molecule has 1 saturated heterocycles. The van der Waals surface area contributed by atoms with Crippen LogP contribution in [0.1, 0.15) is 25.5 Å². The van der Waals surface area contributed by atoms with Gasteiger partial charge in [0.25, 0.3) is 0 Å². The van der Waals surface area contributed by atoms with Crippen LogP contribution in [0.3, 0.4) is 0 Å². The van der Waals surface area contributed by atoms with Crippen LogP contribution in [0.15, 0.2) is 27.8 Å². The third kappa shape index (κ3) is 6.62. The lowest BCUT2D eigenvalue weighted by Gasteiger charge is -2.24. The van der Waals surface area contributed by atoms with Gasteiger partial charge < -0.3 is 24.1 Å². The Labute approximate surface area is 138 Å². The molecule has 0 saturated carbocycles. The molecule has 0 amide bonds. The molecule has 0 bridgehead atoms. The molecule has 1 aliphatic rings. The van der Waals surface area contributed by atoms with Gasteiger partial charge in [0.05, 0.1) is 12.9 Å². The van der Waals surface area contributed by atoms with Crippen molar-refractivity contribution in [2.24, 2.45) is 10.9 Å². The number of rotatable bonds is 9. The van der Waals surface area contributed by atoms with E-state index in [0.717, 1.165) is 57.4 Å². The number of hydrogen-bond donors (Lipinski definition) is 1. The van der Waals surface area contributed by atoms with Crippen LogP contribution in [0.5, 0.6) is 0 Å². The highest BCUT2D eigenvalue weighted by Crippen LogP contribution is 2.13. The van der Waals surface area contributed by atoms with E-state index in [9.17, 15) is 0 Å². The highest BCUT2D eigenvalue weighted by atomic mass is 16.5. The highest BCUT2D eigenvalue weighted by Gasteiger charge is 2.18. The van der Waals surface area contributed by atoms with Gasteiger partial charge in [-0.2, -0.15) is 0 Å². The molecular weight excluding hydrogens is 294 g/mol. The Hall–Kier alpha value is -1.53. The van der Waals surface area contributed by atoms with Crippen LogP contribution in [-0.4, -0.2) is 57.4 Å². The van der Waals surface area contributed by atoms with Gasteiger partial charge in [0.2, 0.25) is 0 Å². The Bertz CT molecular complexity index is 442. The van der Waals surface area contributed by atoms with E-state index in [1.54, 1.807) is 6.26 Å². The second-order valence-electron chi connectivity index (χ2n) is 5.83. The molecule has 1 aromatic heterocycles. The topological polar surface area (TPSA) is 59.2 Å². The first-order chi connectivity index (χ1) is 11.3. The van der Waals surface area contributed by atoms with Gasteiger partial charge in [0, 0.05) is 45.8 Å². The summed E-state index contributed by atoms with van der Waals surface area (Å²) in [5, 5.41) is 3.35. The fourth-order valence-corrected chi connectivity index (χ4v) is 2.59. The Morgan fingerprint density at radius 2 is 2.43 bits per heavy atom. The minimum Gasteiger partial charge on any atom is -0.467 e. The zero-order valence-electron chi connectivity index (χ0n) is 14.3. The van der Waals surface area contributed by atoms with Gasteiger partial charge in [0.15, 0.2) is 5.96 Å². The van der Waals surface area contributed by atoms with Crippen LogP contribution < -0.4 is 5.32 Å². The van der Waals surface area contributed by atoms with Crippen molar-refractivity contribution in [1.82, 2.24) is 10.2 Å². The van der Waals surface area contributed by atoms with Crippen molar-refractivity contribution in [3.8, 4) is 0 Å². The summed E-state index contributed by atoms with van der Waals surface area (Å²) in [6.45, 7) is 7.67. The van der Waals surface area contributed by atoms with Crippen LogP contribution >= 0.6 is 0 Å². The number of ether oxygens (including phenoxy) is 2. The lowest BCUT2D eigenvalue weighted by atomic mass is 10.1. The van der Waals surface area contributed by atoms with E-state index >= 15 is 0 Å². The smallest absolute Gasteiger partial charge is 0.193 e. The average Bonchev–Trinajstić information content (AvgIpc) is 3.23. The molecule has 1 aliphatic heterocycles. The van der Waals surface area contributed by atoms with Crippen LogP contribution in [0.25, 0.3) is 0 Å². The zero-order valence-corrected chi connectivity index (χ0v) is 14.3. The molecule has 130 valence electrons. The second kappa shape index (κ2) is 10.3. The Morgan fingerprint density at radius 3 is 3.13 bits per heavy atom. The summed E-state index contributed by atoms with van der Waals surface area (Å²) in [5.41, 5.74) is 0. The van der Waals surface area contributed by atoms with Crippen molar-refractivity contribution >= 4 is 5.96 Å². The first-order valence-electron chi connectivity index (χ1n) is 8.47. The molecule has 1 aromatic rings. The first kappa shape index (κ1) is 17.8. The largest absolute Gasteiger partial charge is 0.467 e. The van der Waals surface area contributed by atoms with Crippen molar-refractivity contribution in [3.05, 3.63) is 24.2 Å². The Kier molecular flexibility index (Phi) is 7.97. The molecular formula is C17H29N3O3. The van der Waals surface area contributed by atoms with Gasteiger partial charge >= 0.3 is 0 Å². The lowest BCUT2D eigenvalue weighted by molar-refractivity contribution is 0.105. The molecule has 23 heavy (non-hydrogen) atoms. The van der Waals surface area contributed by atoms with Gasteiger partial charge in [-0.15, -0.1) is 0 Å². The number of hydrogen-bond acceptors (Lipinski definition) is 4. The van der Waals surface area contributed by atoms with Crippen LogP contribution in [0.2, 0.25) is 0 Å². The van der Waals surface area contributed by atoms with E-state index in [-0.39, 0.29) is 0 Å².